The van der Waals surface area contributed by atoms with Gasteiger partial charge in [0.2, 0.25) is 0 Å². The molecule has 1 heterocycles. The van der Waals surface area contributed by atoms with Crippen molar-refractivity contribution in [2.24, 2.45) is 4.99 Å². The third-order valence-corrected chi connectivity index (χ3v) is 4.03. The van der Waals surface area contributed by atoms with Gasteiger partial charge in [0.1, 0.15) is 0 Å². The van der Waals surface area contributed by atoms with Gasteiger partial charge in [0.25, 0.3) is 0 Å². The highest BCUT2D eigenvalue weighted by Gasteiger charge is 2.05. The fraction of sp³-hybridized carbons (Fsp3) is 0.200. The Morgan fingerprint density at radius 1 is 1.30 bits per heavy atom. The lowest BCUT2D eigenvalue weighted by Gasteiger charge is -2.02. The summed E-state index contributed by atoms with van der Waals surface area (Å²) in [5, 5.41) is 0. The molecule has 0 N–H and O–H groups in total. The molecular weight excluding hydrogens is 338 g/mol. The zero-order valence-corrected chi connectivity index (χ0v) is 13.4. The predicted molar refractivity (Wildman–Crippen MR) is 86.3 cm³/mol. The Bertz CT molecular complexity index is 605. The first-order valence-electron chi connectivity index (χ1n) is 6.25. The first kappa shape index (κ1) is 14.9. The van der Waals surface area contributed by atoms with Crippen LogP contribution in [0.1, 0.15) is 28.6 Å². The van der Waals surface area contributed by atoms with E-state index in [2.05, 4.69) is 20.9 Å². The molecule has 3 nitrogen and oxygen atoms in total. The number of rotatable bonds is 5. The molecule has 0 aliphatic carbocycles. The normalized spacial score (nSPS) is 10.9. The van der Waals surface area contributed by atoms with Crippen LogP contribution in [0.15, 0.2) is 45.2 Å². The Morgan fingerprint density at radius 3 is 2.65 bits per heavy atom. The first-order valence-corrected chi connectivity index (χ1v) is 7.86. The number of hydrogen-bond donors (Lipinski definition) is 0. The Labute approximate surface area is 130 Å². The van der Waals surface area contributed by atoms with Crippen LogP contribution in [-0.4, -0.2) is 18.8 Å². The highest BCUT2D eigenvalue weighted by atomic mass is 79.9. The van der Waals surface area contributed by atoms with Crippen molar-refractivity contribution >= 4 is 45.1 Å². The first-order chi connectivity index (χ1) is 9.69. The molecule has 0 spiro atoms. The molecule has 104 valence electrons. The minimum Gasteiger partial charge on any atom is -0.462 e. The fourth-order valence-electron chi connectivity index (χ4n) is 1.50. The predicted octanol–water partition coefficient (Wildman–Crippen LogP) is 4.83. The van der Waals surface area contributed by atoms with Crippen molar-refractivity contribution in [3.05, 3.63) is 50.6 Å². The molecule has 1 aromatic heterocycles. The molecule has 20 heavy (non-hydrogen) atoms. The van der Waals surface area contributed by atoms with Crippen LogP contribution in [0, 0.1) is 0 Å². The zero-order chi connectivity index (χ0) is 14.4. The van der Waals surface area contributed by atoms with Crippen molar-refractivity contribution in [2.45, 2.75) is 13.3 Å². The lowest BCUT2D eigenvalue weighted by atomic mass is 10.2. The monoisotopic (exact) mass is 351 g/mol. The Morgan fingerprint density at radius 2 is 2.05 bits per heavy atom. The fourth-order valence-corrected chi connectivity index (χ4v) is 2.79. The second-order valence-electron chi connectivity index (χ2n) is 4.08. The van der Waals surface area contributed by atoms with Gasteiger partial charge in [0.05, 0.1) is 21.6 Å². The molecule has 0 aliphatic heterocycles. The van der Waals surface area contributed by atoms with Crippen LogP contribution in [-0.2, 0) is 4.74 Å². The summed E-state index contributed by atoms with van der Waals surface area (Å²) < 4.78 is 6.15. The molecule has 0 fully saturated rings. The van der Waals surface area contributed by atoms with Gasteiger partial charge in [-0.1, -0.05) is 6.92 Å². The standard InChI is InChI=1S/C15H14BrNO2S/c1-2-9-19-15(18)11-3-5-12(6-4-11)17-10-13-7-8-14(16)20-13/h3-8,10H,2,9H2,1H3. The van der Waals surface area contributed by atoms with Crippen molar-refractivity contribution in [1.29, 1.82) is 0 Å². The van der Waals surface area contributed by atoms with Gasteiger partial charge in [-0.05, 0) is 58.7 Å². The van der Waals surface area contributed by atoms with Crippen LogP contribution in [0.2, 0.25) is 0 Å². The van der Waals surface area contributed by atoms with Crippen LogP contribution < -0.4 is 0 Å². The van der Waals surface area contributed by atoms with Gasteiger partial charge in [-0.2, -0.15) is 0 Å². The van der Waals surface area contributed by atoms with E-state index in [1.807, 2.05) is 31.2 Å². The van der Waals surface area contributed by atoms with E-state index in [0.29, 0.717) is 12.2 Å². The van der Waals surface area contributed by atoms with Crippen molar-refractivity contribution < 1.29 is 9.53 Å². The van der Waals surface area contributed by atoms with Crippen molar-refractivity contribution in [2.75, 3.05) is 6.61 Å². The highest BCUT2D eigenvalue weighted by Crippen LogP contribution is 2.21. The molecule has 0 amide bonds. The van der Waals surface area contributed by atoms with Gasteiger partial charge in [-0.25, -0.2) is 4.79 Å². The van der Waals surface area contributed by atoms with Gasteiger partial charge in [-0.15, -0.1) is 11.3 Å². The summed E-state index contributed by atoms with van der Waals surface area (Å²) >= 11 is 5.03. The molecule has 1 aromatic carbocycles. The average Bonchev–Trinajstić information content (AvgIpc) is 2.89. The van der Waals surface area contributed by atoms with Crippen molar-refractivity contribution in [3.63, 3.8) is 0 Å². The number of esters is 1. The average molecular weight is 352 g/mol. The second-order valence-corrected chi connectivity index (χ2v) is 6.58. The number of halogens is 1. The zero-order valence-electron chi connectivity index (χ0n) is 11.0. The van der Waals surface area contributed by atoms with Gasteiger partial charge in [-0.3, -0.25) is 4.99 Å². The van der Waals surface area contributed by atoms with Gasteiger partial charge >= 0.3 is 5.97 Å². The highest BCUT2D eigenvalue weighted by molar-refractivity contribution is 9.11. The molecule has 2 aromatic rings. The molecule has 0 radical (unpaired) electrons. The number of hydrogen-bond acceptors (Lipinski definition) is 4. The maximum Gasteiger partial charge on any atom is 0.338 e. The third kappa shape index (κ3) is 4.28. The Hall–Kier alpha value is -1.46. The number of ether oxygens (including phenoxy) is 1. The largest absolute Gasteiger partial charge is 0.462 e. The minimum absolute atomic E-state index is 0.287. The smallest absolute Gasteiger partial charge is 0.338 e. The topological polar surface area (TPSA) is 38.7 Å². The van der Waals surface area contributed by atoms with E-state index in [4.69, 9.17) is 4.74 Å². The molecule has 2 rings (SSSR count). The quantitative estimate of drug-likeness (QED) is 0.571. The van der Waals surface area contributed by atoms with Gasteiger partial charge < -0.3 is 4.74 Å². The van der Waals surface area contributed by atoms with E-state index in [1.54, 1.807) is 29.7 Å². The number of aliphatic imine (C=N–C) groups is 1. The maximum absolute atomic E-state index is 11.6. The molecule has 0 saturated carbocycles. The van der Waals surface area contributed by atoms with Gasteiger partial charge in [0.15, 0.2) is 0 Å². The Balaban J connectivity index is 2.01. The number of thiophene rings is 1. The van der Waals surface area contributed by atoms with E-state index in [0.717, 1.165) is 20.8 Å². The number of carbonyl (C=O) groups is 1. The number of nitrogens with zero attached hydrogens (tertiary/aromatic N) is 1. The molecule has 0 bridgehead atoms. The van der Waals surface area contributed by atoms with E-state index < -0.39 is 0 Å². The SMILES string of the molecule is CCCOC(=O)c1ccc(N=Cc2ccc(Br)s2)cc1. The van der Waals surface area contributed by atoms with Crippen LogP contribution in [0.4, 0.5) is 5.69 Å². The number of carbonyl (C=O) groups excluding carboxylic acids is 1. The van der Waals surface area contributed by atoms with Crippen molar-refractivity contribution in [1.82, 2.24) is 0 Å². The summed E-state index contributed by atoms with van der Waals surface area (Å²) in [4.78, 5) is 17.1. The van der Waals surface area contributed by atoms with Crippen LogP contribution in [0.3, 0.4) is 0 Å². The van der Waals surface area contributed by atoms with Crippen LogP contribution in [0.25, 0.3) is 0 Å². The summed E-state index contributed by atoms with van der Waals surface area (Å²) in [6.07, 6.45) is 2.63. The van der Waals surface area contributed by atoms with E-state index in [9.17, 15) is 4.79 Å². The summed E-state index contributed by atoms with van der Waals surface area (Å²) in [7, 11) is 0. The van der Waals surface area contributed by atoms with E-state index in [-0.39, 0.29) is 5.97 Å². The van der Waals surface area contributed by atoms with E-state index >= 15 is 0 Å². The summed E-state index contributed by atoms with van der Waals surface area (Å²) in [5.74, 6) is -0.287. The maximum atomic E-state index is 11.6. The lowest BCUT2D eigenvalue weighted by molar-refractivity contribution is 0.0505. The second kappa shape index (κ2) is 7.36. The Kier molecular flexibility index (Phi) is 5.49. The summed E-state index contributed by atoms with van der Waals surface area (Å²) in [5.41, 5.74) is 1.36. The summed E-state index contributed by atoms with van der Waals surface area (Å²) in [6, 6.07) is 11.1. The van der Waals surface area contributed by atoms with Crippen LogP contribution in [0.5, 0.6) is 0 Å². The molecule has 0 saturated heterocycles. The lowest BCUT2D eigenvalue weighted by Crippen LogP contribution is -2.05. The summed E-state index contributed by atoms with van der Waals surface area (Å²) in [6.45, 7) is 2.42. The molecule has 5 heteroatoms. The van der Waals surface area contributed by atoms with Crippen molar-refractivity contribution in [3.8, 4) is 0 Å². The molecule has 0 atom stereocenters. The number of benzene rings is 1. The van der Waals surface area contributed by atoms with Crippen LogP contribution >= 0.6 is 27.3 Å². The third-order valence-electron chi connectivity index (χ3n) is 2.48. The van der Waals surface area contributed by atoms with Gasteiger partial charge in [0, 0.05) is 11.1 Å². The molecule has 0 aliphatic rings. The molecule has 0 unspecified atom stereocenters. The molecular formula is C15H14BrNO2S. The minimum atomic E-state index is -0.287. The van der Waals surface area contributed by atoms with E-state index in [1.165, 1.54) is 0 Å².